The molecule has 0 saturated carbocycles. The van der Waals surface area contributed by atoms with E-state index in [-0.39, 0.29) is 12.5 Å². The minimum absolute atomic E-state index is 0.0308. The van der Waals surface area contributed by atoms with Crippen molar-refractivity contribution in [1.29, 1.82) is 0 Å². The smallest absolute Gasteiger partial charge is 0.264 e. The summed E-state index contributed by atoms with van der Waals surface area (Å²) in [5.74, 6) is 0.939. The van der Waals surface area contributed by atoms with Gasteiger partial charge >= 0.3 is 0 Å². The fourth-order valence-corrected chi connectivity index (χ4v) is 3.35. The van der Waals surface area contributed by atoms with Gasteiger partial charge in [-0.1, -0.05) is 50.3 Å². The van der Waals surface area contributed by atoms with Crippen LogP contribution in [0.25, 0.3) is 0 Å². The molecule has 5 nitrogen and oxygen atoms in total. The molecular formula is C17H23N3O2S. The van der Waals surface area contributed by atoms with Crippen LogP contribution >= 0.6 is 11.3 Å². The van der Waals surface area contributed by atoms with Crippen LogP contribution in [0.4, 0.5) is 5.13 Å². The van der Waals surface area contributed by atoms with Crippen LogP contribution in [-0.4, -0.2) is 22.7 Å². The molecule has 6 heteroatoms. The van der Waals surface area contributed by atoms with Gasteiger partial charge in [0, 0.05) is 5.92 Å². The van der Waals surface area contributed by atoms with Crippen LogP contribution in [0.2, 0.25) is 0 Å². The first-order valence-corrected chi connectivity index (χ1v) is 8.83. The predicted octanol–water partition coefficient (Wildman–Crippen LogP) is 4.02. The third-order valence-electron chi connectivity index (χ3n) is 3.73. The molecule has 124 valence electrons. The van der Waals surface area contributed by atoms with Gasteiger partial charge < -0.3 is 4.74 Å². The highest BCUT2D eigenvalue weighted by atomic mass is 32.1. The van der Waals surface area contributed by atoms with E-state index in [2.05, 4.69) is 36.3 Å². The van der Waals surface area contributed by atoms with E-state index < -0.39 is 0 Å². The lowest BCUT2D eigenvalue weighted by Gasteiger charge is -2.09. The van der Waals surface area contributed by atoms with Gasteiger partial charge in [-0.3, -0.25) is 10.1 Å². The number of carbonyl (C=O) groups excluding carboxylic acids is 1. The Labute approximate surface area is 141 Å². The van der Waals surface area contributed by atoms with Crippen molar-refractivity contribution < 1.29 is 9.53 Å². The summed E-state index contributed by atoms with van der Waals surface area (Å²) in [6.45, 7) is 6.29. The predicted molar refractivity (Wildman–Crippen MR) is 93.2 cm³/mol. The number of amides is 1. The molecule has 1 aromatic heterocycles. The lowest BCUT2D eigenvalue weighted by atomic mass is 10.1. The number of aryl methyl sites for hydroxylation is 1. The van der Waals surface area contributed by atoms with Crippen molar-refractivity contribution >= 4 is 22.4 Å². The van der Waals surface area contributed by atoms with Crippen LogP contribution in [0, 0.1) is 0 Å². The summed E-state index contributed by atoms with van der Waals surface area (Å²) in [7, 11) is 0. The molecule has 0 saturated heterocycles. The normalized spacial score (nSPS) is 10.8. The minimum Gasteiger partial charge on any atom is -0.483 e. The highest BCUT2D eigenvalue weighted by Gasteiger charge is 2.15. The highest BCUT2D eigenvalue weighted by Crippen LogP contribution is 2.28. The van der Waals surface area contributed by atoms with Crippen molar-refractivity contribution in [2.75, 3.05) is 11.9 Å². The number of hydrogen-bond donors (Lipinski definition) is 1. The molecule has 0 atom stereocenters. The summed E-state index contributed by atoms with van der Waals surface area (Å²) in [4.78, 5) is 12.0. The maximum absolute atomic E-state index is 12.0. The second-order valence-electron chi connectivity index (χ2n) is 5.26. The third-order valence-corrected chi connectivity index (χ3v) is 4.74. The van der Waals surface area contributed by atoms with Crippen LogP contribution < -0.4 is 10.1 Å². The van der Waals surface area contributed by atoms with Gasteiger partial charge in [-0.05, 0) is 30.9 Å². The van der Waals surface area contributed by atoms with Gasteiger partial charge in [-0.15, -0.1) is 10.2 Å². The Morgan fingerprint density at radius 3 is 2.65 bits per heavy atom. The largest absolute Gasteiger partial charge is 0.483 e. The molecule has 0 bridgehead atoms. The average Bonchev–Trinajstić information content (AvgIpc) is 3.02. The van der Waals surface area contributed by atoms with Crippen molar-refractivity contribution in [3.05, 3.63) is 34.8 Å². The SMILES string of the molecule is CCc1ccccc1OCC(=O)Nc1nnc(C(CC)CC)s1. The summed E-state index contributed by atoms with van der Waals surface area (Å²) in [6.07, 6.45) is 2.92. The monoisotopic (exact) mass is 333 g/mol. The fraction of sp³-hybridized carbons (Fsp3) is 0.471. The van der Waals surface area contributed by atoms with Crippen LogP contribution in [-0.2, 0) is 11.2 Å². The summed E-state index contributed by atoms with van der Waals surface area (Å²) >= 11 is 1.44. The number of benzene rings is 1. The second-order valence-corrected chi connectivity index (χ2v) is 6.27. The minimum atomic E-state index is -0.219. The topological polar surface area (TPSA) is 64.1 Å². The van der Waals surface area contributed by atoms with Crippen molar-refractivity contribution in [2.45, 2.75) is 46.0 Å². The summed E-state index contributed by atoms with van der Waals surface area (Å²) in [6, 6.07) is 7.74. The summed E-state index contributed by atoms with van der Waals surface area (Å²) < 4.78 is 5.60. The molecule has 0 aliphatic carbocycles. The second kappa shape index (κ2) is 8.62. The molecule has 1 aromatic carbocycles. The first-order chi connectivity index (χ1) is 11.2. The molecule has 0 radical (unpaired) electrons. The number of nitrogens with one attached hydrogen (secondary N) is 1. The van der Waals surface area contributed by atoms with Crippen molar-refractivity contribution in [2.24, 2.45) is 0 Å². The Morgan fingerprint density at radius 2 is 1.96 bits per heavy atom. The number of hydrogen-bond acceptors (Lipinski definition) is 5. The maximum atomic E-state index is 12.0. The zero-order valence-electron chi connectivity index (χ0n) is 13.8. The van der Waals surface area contributed by atoms with Gasteiger partial charge in [0.05, 0.1) is 0 Å². The zero-order chi connectivity index (χ0) is 16.7. The Kier molecular flexibility index (Phi) is 6.52. The van der Waals surface area contributed by atoms with E-state index in [4.69, 9.17) is 4.74 Å². The zero-order valence-corrected chi connectivity index (χ0v) is 14.7. The molecule has 2 rings (SSSR count). The van der Waals surface area contributed by atoms with Gasteiger partial charge in [-0.2, -0.15) is 0 Å². The Hall–Kier alpha value is -1.95. The number of carbonyl (C=O) groups is 1. The average molecular weight is 333 g/mol. The Morgan fingerprint density at radius 1 is 1.22 bits per heavy atom. The molecule has 0 aliphatic heterocycles. The number of rotatable bonds is 8. The van der Waals surface area contributed by atoms with E-state index in [0.717, 1.165) is 35.6 Å². The highest BCUT2D eigenvalue weighted by molar-refractivity contribution is 7.15. The number of aromatic nitrogens is 2. The summed E-state index contributed by atoms with van der Waals surface area (Å²) in [5.41, 5.74) is 1.09. The van der Waals surface area contributed by atoms with E-state index in [0.29, 0.717) is 11.0 Å². The van der Waals surface area contributed by atoms with Gasteiger partial charge in [0.1, 0.15) is 10.8 Å². The Balaban J connectivity index is 1.90. The lowest BCUT2D eigenvalue weighted by molar-refractivity contribution is -0.118. The lowest BCUT2D eigenvalue weighted by Crippen LogP contribution is -2.20. The van der Waals surface area contributed by atoms with Gasteiger partial charge in [0.15, 0.2) is 6.61 Å². The quantitative estimate of drug-likeness (QED) is 0.792. The van der Waals surface area contributed by atoms with Crippen molar-refractivity contribution in [3.8, 4) is 5.75 Å². The first-order valence-electron chi connectivity index (χ1n) is 8.01. The Bertz CT molecular complexity index is 638. The molecule has 0 unspecified atom stereocenters. The molecule has 1 amide bonds. The molecule has 1 heterocycles. The molecular weight excluding hydrogens is 310 g/mol. The number of para-hydroxylation sites is 1. The maximum Gasteiger partial charge on any atom is 0.264 e. The standard InChI is InChI=1S/C17H23N3O2S/c1-4-12(5-2)16-19-20-17(23-16)18-15(21)11-22-14-10-8-7-9-13(14)6-3/h7-10,12H,4-6,11H2,1-3H3,(H,18,20,21). The van der Waals surface area contributed by atoms with Gasteiger partial charge in [0.25, 0.3) is 5.91 Å². The number of nitrogens with zero attached hydrogens (tertiary/aromatic N) is 2. The van der Waals surface area contributed by atoms with E-state index in [1.807, 2.05) is 24.3 Å². The van der Waals surface area contributed by atoms with E-state index in [1.54, 1.807) is 0 Å². The molecule has 1 N–H and O–H groups in total. The van der Waals surface area contributed by atoms with Crippen LogP contribution in [0.1, 0.15) is 50.1 Å². The van der Waals surface area contributed by atoms with E-state index >= 15 is 0 Å². The van der Waals surface area contributed by atoms with E-state index in [9.17, 15) is 4.79 Å². The van der Waals surface area contributed by atoms with Gasteiger partial charge in [-0.25, -0.2) is 0 Å². The molecule has 2 aromatic rings. The molecule has 0 aliphatic rings. The van der Waals surface area contributed by atoms with Crippen LogP contribution in [0.3, 0.4) is 0 Å². The summed E-state index contributed by atoms with van der Waals surface area (Å²) in [5, 5.41) is 12.5. The number of ether oxygens (including phenoxy) is 1. The molecule has 0 fully saturated rings. The first kappa shape index (κ1) is 17.4. The van der Waals surface area contributed by atoms with Crippen molar-refractivity contribution in [3.63, 3.8) is 0 Å². The third kappa shape index (κ3) is 4.76. The van der Waals surface area contributed by atoms with Crippen molar-refractivity contribution in [1.82, 2.24) is 10.2 Å². The van der Waals surface area contributed by atoms with E-state index in [1.165, 1.54) is 11.3 Å². The van der Waals surface area contributed by atoms with Crippen LogP contribution in [0.5, 0.6) is 5.75 Å². The number of anilines is 1. The fourth-order valence-electron chi connectivity index (χ4n) is 2.32. The van der Waals surface area contributed by atoms with Gasteiger partial charge in [0.2, 0.25) is 5.13 Å². The molecule has 0 spiro atoms. The molecule has 23 heavy (non-hydrogen) atoms. The van der Waals surface area contributed by atoms with Crippen LogP contribution in [0.15, 0.2) is 24.3 Å².